The predicted molar refractivity (Wildman–Crippen MR) is 108 cm³/mol. The number of ether oxygens (including phenoxy) is 1. The zero-order valence-electron chi connectivity index (χ0n) is 15.9. The molecule has 4 atom stereocenters. The Bertz CT molecular complexity index is 650. The van der Waals surface area contributed by atoms with Crippen LogP contribution in [0.2, 0.25) is 19.6 Å². The minimum Gasteiger partial charge on any atom is -0.454 e. The SMILES string of the molecule is C=CCOC(=O)C(=O)N1C(=O)[C@H]([C@@H](C)O[Si](C)(C)C)[C@H]1[C@@H]1SCCSC1=O. The summed E-state index contributed by atoms with van der Waals surface area (Å²) in [7, 11) is -1.94. The van der Waals surface area contributed by atoms with Gasteiger partial charge >= 0.3 is 11.9 Å². The summed E-state index contributed by atoms with van der Waals surface area (Å²) in [6, 6.07) is -0.696. The Balaban J connectivity index is 2.26. The summed E-state index contributed by atoms with van der Waals surface area (Å²) in [5.41, 5.74) is 0. The second-order valence-corrected chi connectivity index (χ2v) is 14.1. The highest BCUT2D eigenvalue weighted by atomic mass is 32.2. The van der Waals surface area contributed by atoms with Gasteiger partial charge in [-0.25, -0.2) is 4.79 Å². The smallest absolute Gasteiger partial charge is 0.397 e. The number of rotatable bonds is 6. The number of hydrogen-bond acceptors (Lipinski definition) is 8. The first-order valence-electron chi connectivity index (χ1n) is 8.69. The van der Waals surface area contributed by atoms with Gasteiger partial charge in [0.15, 0.2) is 8.32 Å². The molecule has 0 aromatic carbocycles. The van der Waals surface area contributed by atoms with E-state index in [0.29, 0.717) is 5.75 Å². The molecule has 150 valence electrons. The normalized spacial score (nSPS) is 27.0. The van der Waals surface area contributed by atoms with E-state index in [2.05, 4.69) is 6.58 Å². The van der Waals surface area contributed by atoms with Crippen molar-refractivity contribution >= 4 is 54.7 Å². The number of carbonyl (C=O) groups is 4. The van der Waals surface area contributed by atoms with Crippen molar-refractivity contribution in [1.29, 1.82) is 0 Å². The van der Waals surface area contributed by atoms with Gasteiger partial charge in [-0.3, -0.25) is 19.3 Å². The number of imide groups is 1. The molecule has 0 spiro atoms. The molecule has 0 aromatic rings. The lowest BCUT2D eigenvalue weighted by atomic mass is 9.81. The number of carbonyl (C=O) groups excluding carboxylic acids is 4. The summed E-state index contributed by atoms with van der Waals surface area (Å²) < 4.78 is 10.8. The van der Waals surface area contributed by atoms with Crippen LogP contribution in [0, 0.1) is 5.92 Å². The number of nitrogens with zero attached hydrogens (tertiary/aromatic N) is 1. The molecular formula is C17H25NO6S2Si. The van der Waals surface area contributed by atoms with Crippen molar-refractivity contribution in [3.8, 4) is 0 Å². The monoisotopic (exact) mass is 431 g/mol. The van der Waals surface area contributed by atoms with E-state index in [1.54, 1.807) is 6.92 Å². The van der Waals surface area contributed by atoms with Crippen LogP contribution < -0.4 is 0 Å². The van der Waals surface area contributed by atoms with Crippen LogP contribution in [-0.4, -0.2) is 71.6 Å². The van der Waals surface area contributed by atoms with E-state index in [4.69, 9.17) is 9.16 Å². The Morgan fingerprint density at radius 3 is 2.56 bits per heavy atom. The summed E-state index contributed by atoms with van der Waals surface area (Å²) in [5, 5.41) is -0.637. The Morgan fingerprint density at radius 2 is 2.00 bits per heavy atom. The first-order chi connectivity index (χ1) is 12.6. The highest BCUT2D eigenvalue weighted by Crippen LogP contribution is 2.42. The fraction of sp³-hybridized carbons (Fsp3) is 0.647. The second kappa shape index (κ2) is 8.93. The first kappa shape index (κ1) is 22.2. The Kier molecular flexibility index (Phi) is 7.34. The molecule has 0 aliphatic carbocycles. The molecule has 0 radical (unpaired) electrons. The highest BCUT2D eigenvalue weighted by Gasteiger charge is 2.59. The van der Waals surface area contributed by atoms with Crippen LogP contribution in [-0.2, 0) is 28.3 Å². The molecule has 27 heavy (non-hydrogen) atoms. The van der Waals surface area contributed by atoms with E-state index < -0.39 is 49.4 Å². The maximum absolute atomic E-state index is 12.8. The minimum absolute atomic E-state index is 0.0776. The molecule has 10 heteroatoms. The minimum atomic E-state index is -1.94. The molecule has 7 nitrogen and oxygen atoms in total. The maximum Gasteiger partial charge on any atom is 0.397 e. The molecule has 0 unspecified atom stereocenters. The zero-order valence-corrected chi connectivity index (χ0v) is 18.6. The molecule has 2 amide bonds. The van der Waals surface area contributed by atoms with Gasteiger partial charge in [0.2, 0.25) is 11.0 Å². The molecule has 2 fully saturated rings. The van der Waals surface area contributed by atoms with Crippen molar-refractivity contribution in [2.24, 2.45) is 5.92 Å². The van der Waals surface area contributed by atoms with E-state index in [9.17, 15) is 19.2 Å². The van der Waals surface area contributed by atoms with Gasteiger partial charge in [-0.2, -0.15) is 0 Å². The molecule has 0 aromatic heterocycles. The first-order valence-corrected chi connectivity index (χ1v) is 14.1. The van der Waals surface area contributed by atoms with E-state index in [1.807, 2.05) is 19.6 Å². The topological polar surface area (TPSA) is 90.0 Å². The summed E-state index contributed by atoms with van der Waals surface area (Å²) in [6.45, 7) is 11.1. The van der Waals surface area contributed by atoms with Crippen molar-refractivity contribution < 1.29 is 28.3 Å². The summed E-state index contributed by atoms with van der Waals surface area (Å²) >= 11 is 2.62. The van der Waals surface area contributed by atoms with Crippen molar-refractivity contribution in [3.05, 3.63) is 12.7 Å². The van der Waals surface area contributed by atoms with Crippen LogP contribution in [0.1, 0.15) is 6.92 Å². The van der Waals surface area contributed by atoms with Crippen LogP contribution in [0.25, 0.3) is 0 Å². The average Bonchev–Trinajstić information content (AvgIpc) is 2.56. The molecule has 0 bridgehead atoms. The number of β-lactam (4-membered cyclic amide) rings is 1. The summed E-state index contributed by atoms with van der Waals surface area (Å²) in [6.07, 6.45) is 0.896. The van der Waals surface area contributed by atoms with E-state index >= 15 is 0 Å². The average molecular weight is 432 g/mol. The van der Waals surface area contributed by atoms with Gasteiger partial charge < -0.3 is 9.16 Å². The number of hydrogen-bond donors (Lipinski definition) is 0. The molecule has 2 aliphatic rings. The fourth-order valence-electron chi connectivity index (χ4n) is 3.20. The van der Waals surface area contributed by atoms with Gasteiger partial charge in [0.05, 0.1) is 23.3 Å². The molecule has 0 N–H and O–H groups in total. The zero-order chi connectivity index (χ0) is 20.4. The van der Waals surface area contributed by atoms with Crippen LogP contribution in [0.4, 0.5) is 0 Å². The quantitative estimate of drug-likeness (QED) is 0.206. The summed E-state index contributed by atoms with van der Waals surface area (Å²) in [4.78, 5) is 50.5. The lowest BCUT2D eigenvalue weighted by molar-refractivity contribution is -0.179. The highest BCUT2D eigenvalue weighted by molar-refractivity contribution is 8.18. The third-order valence-corrected chi connectivity index (χ3v) is 7.85. The summed E-state index contributed by atoms with van der Waals surface area (Å²) in [5.74, 6) is -1.84. The van der Waals surface area contributed by atoms with Crippen LogP contribution in [0.5, 0.6) is 0 Å². The number of amides is 2. The Morgan fingerprint density at radius 1 is 1.33 bits per heavy atom. The van der Waals surface area contributed by atoms with Gasteiger partial charge in [-0.15, -0.1) is 11.8 Å². The van der Waals surface area contributed by atoms with Gasteiger partial charge in [-0.1, -0.05) is 24.4 Å². The third-order valence-electron chi connectivity index (χ3n) is 4.13. The lowest BCUT2D eigenvalue weighted by Gasteiger charge is -2.51. The van der Waals surface area contributed by atoms with E-state index in [-0.39, 0.29) is 11.7 Å². The third kappa shape index (κ3) is 5.04. The van der Waals surface area contributed by atoms with Gasteiger partial charge in [0, 0.05) is 11.5 Å². The molecule has 2 aliphatic heterocycles. The lowest BCUT2D eigenvalue weighted by Crippen LogP contribution is -2.72. The molecule has 2 heterocycles. The predicted octanol–water partition coefficient (Wildman–Crippen LogP) is 1.68. The molecule has 2 saturated heterocycles. The van der Waals surface area contributed by atoms with Gasteiger partial charge in [0.1, 0.15) is 6.61 Å². The fourth-order valence-corrected chi connectivity index (χ4v) is 6.97. The van der Waals surface area contributed by atoms with Crippen molar-refractivity contribution in [1.82, 2.24) is 4.90 Å². The van der Waals surface area contributed by atoms with Crippen LogP contribution in [0.3, 0.4) is 0 Å². The van der Waals surface area contributed by atoms with Crippen LogP contribution >= 0.6 is 23.5 Å². The Hall–Kier alpha value is -1.10. The van der Waals surface area contributed by atoms with Gasteiger partial charge in [0.25, 0.3) is 0 Å². The number of thioether (sulfide) groups is 2. The molecule has 0 saturated carbocycles. The van der Waals surface area contributed by atoms with Gasteiger partial charge in [-0.05, 0) is 26.6 Å². The standard InChI is InChI=1S/C17H25NO6S2Si/c1-6-7-23-16(21)15(20)18-12(13-17(22)26-9-8-25-13)11(14(18)19)10(2)24-27(3,4)5/h6,10-13H,1,7-9H2,2-5H3/t10-,11-,12+,13+/m1/s1. The Labute approximate surface area is 168 Å². The maximum atomic E-state index is 12.8. The van der Waals surface area contributed by atoms with Crippen molar-refractivity contribution in [2.45, 2.75) is 44.0 Å². The molecular weight excluding hydrogens is 406 g/mol. The second-order valence-electron chi connectivity index (χ2n) is 7.31. The number of esters is 1. The number of likely N-dealkylation sites (tertiary alicyclic amines) is 1. The van der Waals surface area contributed by atoms with E-state index in [1.165, 1.54) is 29.6 Å². The van der Waals surface area contributed by atoms with Crippen molar-refractivity contribution in [2.75, 3.05) is 18.1 Å². The van der Waals surface area contributed by atoms with Crippen LogP contribution in [0.15, 0.2) is 12.7 Å². The largest absolute Gasteiger partial charge is 0.454 e. The van der Waals surface area contributed by atoms with Crippen molar-refractivity contribution in [3.63, 3.8) is 0 Å². The molecule has 2 rings (SSSR count). The van der Waals surface area contributed by atoms with E-state index in [0.717, 1.165) is 10.7 Å².